The zero-order valence-corrected chi connectivity index (χ0v) is 15.2. The van der Waals surface area contributed by atoms with Crippen LogP contribution in [0, 0.1) is 0 Å². The van der Waals surface area contributed by atoms with E-state index in [0.29, 0.717) is 18.7 Å². The minimum absolute atomic E-state index is 0.0359. The lowest BCUT2D eigenvalue weighted by Gasteiger charge is -2.23. The van der Waals surface area contributed by atoms with Crippen molar-refractivity contribution in [3.05, 3.63) is 36.0 Å². The number of nitrogens with zero attached hydrogens (tertiary/aromatic N) is 2. The van der Waals surface area contributed by atoms with Crippen molar-refractivity contribution in [3.63, 3.8) is 0 Å². The van der Waals surface area contributed by atoms with Crippen LogP contribution in [0.3, 0.4) is 0 Å². The van der Waals surface area contributed by atoms with Gasteiger partial charge in [-0.15, -0.1) is 0 Å². The molecule has 0 radical (unpaired) electrons. The zero-order chi connectivity index (χ0) is 18.7. The molecule has 1 aliphatic heterocycles. The molecule has 2 amide bonds. The first-order chi connectivity index (χ1) is 12.5. The number of ether oxygens (including phenoxy) is 1. The summed E-state index contributed by atoms with van der Waals surface area (Å²) in [4.78, 5) is 26.7. The van der Waals surface area contributed by atoms with Gasteiger partial charge in [-0.05, 0) is 51.0 Å². The van der Waals surface area contributed by atoms with Crippen LogP contribution < -0.4 is 10.1 Å². The number of likely N-dealkylation sites (tertiary alicyclic amines) is 1. The van der Waals surface area contributed by atoms with Crippen molar-refractivity contribution in [1.29, 1.82) is 0 Å². The van der Waals surface area contributed by atoms with Crippen LogP contribution in [0.1, 0.15) is 37.2 Å². The molecule has 0 aliphatic carbocycles. The lowest BCUT2D eigenvalue weighted by Crippen LogP contribution is -2.47. The van der Waals surface area contributed by atoms with Crippen molar-refractivity contribution < 1.29 is 18.8 Å². The Morgan fingerprint density at radius 1 is 1.31 bits per heavy atom. The monoisotopic (exact) mass is 357 g/mol. The van der Waals surface area contributed by atoms with Crippen molar-refractivity contribution in [3.8, 4) is 17.1 Å². The van der Waals surface area contributed by atoms with Gasteiger partial charge in [0.15, 0.2) is 11.5 Å². The first-order valence-electron chi connectivity index (χ1n) is 8.72. The van der Waals surface area contributed by atoms with E-state index >= 15 is 0 Å². The highest BCUT2D eigenvalue weighted by Gasteiger charge is 2.35. The summed E-state index contributed by atoms with van der Waals surface area (Å²) in [7, 11) is 1.60. The highest BCUT2D eigenvalue weighted by atomic mass is 16.5. The van der Waals surface area contributed by atoms with Crippen molar-refractivity contribution in [2.45, 2.75) is 38.8 Å². The summed E-state index contributed by atoms with van der Waals surface area (Å²) in [6.45, 7) is 4.34. The van der Waals surface area contributed by atoms with E-state index in [-0.39, 0.29) is 23.6 Å². The highest BCUT2D eigenvalue weighted by Crippen LogP contribution is 2.25. The van der Waals surface area contributed by atoms with Crippen molar-refractivity contribution in [1.82, 2.24) is 15.4 Å². The molecule has 1 aromatic carbocycles. The standard InChI is InChI=1S/C19H23N3O4/c1-12(2)20-18(23)16-5-4-10-22(16)19(24)15-11-17(26-21-15)13-6-8-14(25-3)9-7-13/h6-9,11-12,16H,4-5,10H2,1-3H3,(H,20,23)/t16-/m0/s1. The van der Waals surface area contributed by atoms with Crippen LogP contribution in [0.25, 0.3) is 11.3 Å². The molecular formula is C19H23N3O4. The summed E-state index contributed by atoms with van der Waals surface area (Å²) in [5.74, 6) is 0.832. The molecule has 2 aromatic rings. The first-order valence-corrected chi connectivity index (χ1v) is 8.72. The van der Waals surface area contributed by atoms with Gasteiger partial charge in [-0.1, -0.05) is 5.16 Å². The number of aromatic nitrogens is 1. The topological polar surface area (TPSA) is 84.7 Å². The fourth-order valence-electron chi connectivity index (χ4n) is 3.08. The van der Waals surface area contributed by atoms with Gasteiger partial charge >= 0.3 is 0 Å². The fraction of sp³-hybridized carbons (Fsp3) is 0.421. The number of carbonyl (C=O) groups excluding carboxylic acids is 2. The highest BCUT2D eigenvalue weighted by molar-refractivity contribution is 5.97. The van der Waals surface area contributed by atoms with Gasteiger partial charge in [-0.25, -0.2) is 0 Å². The maximum atomic E-state index is 12.8. The normalized spacial score (nSPS) is 16.8. The van der Waals surface area contributed by atoms with Gasteiger partial charge in [0.25, 0.3) is 5.91 Å². The second-order valence-electron chi connectivity index (χ2n) is 6.62. The molecule has 1 saturated heterocycles. The van der Waals surface area contributed by atoms with Crippen LogP contribution in [0.2, 0.25) is 0 Å². The van der Waals surface area contributed by atoms with E-state index in [9.17, 15) is 9.59 Å². The third kappa shape index (κ3) is 3.71. The van der Waals surface area contributed by atoms with E-state index in [2.05, 4.69) is 10.5 Å². The van der Waals surface area contributed by atoms with Gasteiger partial charge < -0.3 is 19.5 Å². The van der Waals surface area contributed by atoms with Gasteiger partial charge in [0.2, 0.25) is 5.91 Å². The van der Waals surface area contributed by atoms with Gasteiger partial charge in [0.1, 0.15) is 11.8 Å². The Bertz CT molecular complexity index is 782. The molecule has 7 nitrogen and oxygen atoms in total. The fourth-order valence-corrected chi connectivity index (χ4v) is 3.08. The van der Waals surface area contributed by atoms with Gasteiger partial charge in [-0.2, -0.15) is 0 Å². The molecular weight excluding hydrogens is 334 g/mol. The van der Waals surface area contributed by atoms with E-state index in [0.717, 1.165) is 17.7 Å². The molecule has 1 aliphatic rings. The Morgan fingerprint density at radius 2 is 2.04 bits per heavy atom. The number of methoxy groups -OCH3 is 1. The van der Waals surface area contributed by atoms with Gasteiger partial charge in [0, 0.05) is 24.2 Å². The molecule has 1 atom stereocenters. The second kappa shape index (κ2) is 7.59. The molecule has 0 unspecified atom stereocenters. The van der Waals surface area contributed by atoms with Crippen LogP contribution in [0.15, 0.2) is 34.9 Å². The van der Waals surface area contributed by atoms with Crippen LogP contribution in [0.4, 0.5) is 0 Å². The summed E-state index contributed by atoms with van der Waals surface area (Å²) >= 11 is 0. The molecule has 1 aromatic heterocycles. The lowest BCUT2D eigenvalue weighted by atomic mass is 10.1. The largest absolute Gasteiger partial charge is 0.497 e. The minimum Gasteiger partial charge on any atom is -0.497 e. The van der Waals surface area contributed by atoms with Gasteiger partial charge in [-0.3, -0.25) is 9.59 Å². The maximum absolute atomic E-state index is 12.8. The van der Waals surface area contributed by atoms with Crippen molar-refractivity contribution in [2.24, 2.45) is 0 Å². The second-order valence-corrected chi connectivity index (χ2v) is 6.62. The maximum Gasteiger partial charge on any atom is 0.276 e. The Balaban J connectivity index is 1.75. The number of rotatable bonds is 5. The van der Waals surface area contributed by atoms with Crippen LogP contribution in [0.5, 0.6) is 5.75 Å². The molecule has 138 valence electrons. The quantitative estimate of drug-likeness (QED) is 0.889. The molecule has 3 rings (SSSR count). The first kappa shape index (κ1) is 18.0. The third-order valence-corrected chi connectivity index (χ3v) is 4.35. The Labute approximate surface area is 152 Å². The van der Waals surface area contributed by atoms with Crippen LogP contribution >= 0.6 is 0 Å². The average Bonchev–Trinajstić information content (AvgIpc) is 3.30. The van der Waals surface area contributed by atoms with E-state index in [1.54, 1.807) is 18.1 Å². The molecule has 0 spiro atoms. The lowest BCUT2D eigenvalue weighted by molar-refractivity contribution is -0.125. The Morgan fingerprint density at radius 3 is 2.69 bits per heavy atom. The number of nitrogens with one attached hydrogen (secondary N) is 1. The average molecular weight is 357 g/mol. The SMILES string of the molecule is COc1ccc(-c2cc(C(=O)N3CCC[C@H]3C(=O)NC(C)C)no2)cc1. The number of amides is 2. The zero-order valence-electron chi connectivity index (χ0n) is 15.2. The molecule has 2 heterocycles. The van der Waals surface area contributed by atoms with E-state index < -0.39 is 6.04 Å². The van der Waals surface area contributed by atoms with Gasteiger partial charge in [0.05, 0.1) is 7.11 Å². The van der Waals surface area contributed by atoms with Crippen molar-refractivity contribution >= 4 is 11.8 Å². The third-order valence-electron chi connectivity index (χ3n) is 4.35. The Hall–Kier alpha value is -2.83. The summed E-state index contributed by atoms with van der Waals surface area (Å²) in [5, 5.41) is 6.78. The van der Waals surface area contributed by atoms with Crippen molar-refractivity contribution in [2.75, 3.05) is 13.7 Å². The molecule has 1 fully saturated rings. The predicted octanol–water partition coefficient (Wildman–Crippen LogP) is 2.48. The summed E-state index contributed by atoms with van der Waals surface area (Å²) < 4.78 is 10.5. The van der Waals surface area contributed by atoms with Crippen LogP contribution in [-0.4, -0.2) is 47.6 Å². The predicted molar refractivity (Wildman–Crippen MR) is 95.8 cm³/mol. The summed E-state index contributed by atoms with van der Waals surface area (Å²) in [6, 6.07) is 8.49. The number of carbonyl (C=O) groups is 2. The molecule has 0 bridgehead atoms. The minimum atomic E-state index is -0.453. The number of hydrogen-bond donors (Lipinski definition) is 1. The number of benzene rings is 1. The van der Waals surface area contributed by atoms with E-state index in [1.807, 2.05) is 38.1 Å². The smallest absolute Gasteiger partial charge is 0.276 e. The Kier molecular flexibility index (Phi) is 5.25. The molecule has 7 heteroatoms. The van der Waals surface area contributed by atoms with Crippen LogP contribution in [-0.2, 0) is 4.79 Å². The molecule has 0 saturated carbocycles. The summed E-state index contributed by atoms with van der Waals surface area (Å²) in [5.41, 5.74) is 1.01. The summed E-state index contributed by atoms with van der Waals surface area (Å²) in [6.07, 6.45) is 1.46. The molecule has 1 N–H and O–H groups in total. The van der Waals surface area contributed by atoms with E-state index in [4.69, 9.17) is 9.26 Å². The number of hydrogen-bond acceptors (Lipinski definition) is 5. The van der Waals surface area contributed by atoms with E-state index in [1.165, 1.54) is 0 Å². The molecule has 26 heavy (non-hydrogen) atoms.